The van der Waals surface area contributed by atoms with E-state index >= 15 is 0 Å². The molecule has 0 bridgehead atoms. The summed E-state index contributed by atoms with van der Waals surface area (Å²) in [6.45, 7) is 1.97. The first-order valence-corrected chi connectivity index (χ1v) is 4.32. The normalized spacial score (nSPS) is 10.1. The fourth-order valence-electron chi connectivity index (χ4n) is 1.60. The molecule has 0 aliphatic rings. The third kappa shape index (κ3) is 1.12. The summed E-state index contributed by atoms with van der Waals surface area (Å²) >= 11 is 0. The first-order valence-electron chi connectivity index (χ1n) is 4.32. The maximum Gasteiger partial charge on any atom is 0.138 e. The molecule has 3 heteroatoms. The Bertz CT molecular complexity index is 520. The first kappa shape index (κ1) is 8.64. The van der Waals surface area contributed by atoms with Gasteiger partial charge in [0, 0.05) is 11.1 Å². The second kappa shape index (κ2) is 3.08. The van der Waals surface area contributed by atoms with Crippen LogP contribution in [-0.4, -0.2) is 12.1 Å². The minimum absolute atomic E-state index is 0.568. The molecule has 0 fully saturated rings. The van der Waals surface area contributed by atoms with E-state index in [9.17, 15) is 0 Å². The SMILES string of the molecule is COc1ccc2cc(C)[nH]c2c1C#N. The monoisotopic (exact) mass is 186 g/mol. The number of benzene rings is 1. The van der Waals surface area contributed by atoms with Crippen LogP contribution in [-0.2, 0) is 0 Å². The van der Waals surface area contributed by atoms with Crippen molar-refractivity contribution < 1.29 is 4.74 Å². The highest BCUT2D eigenvalue weighted by atomic mass is 16.5. The van der Waals surface area contributed by atoms with Gasteiger partial charge in [0.15, 0.2) is 0 Å². The van der Waals surface area contributed by atoms with Gasteiger partial charge in [-0.1, -0.05) is 0 Å². The number of methoxy groups -OCH3 is 1. The third-order valence-corrected chi connectivity index (χ3v) is 2.23. The smallest absolute Gasteiger partial charge is 0.138 e. The second-order valence-electron chi connectivity index (χ2n) is 3.17. The minimum Gasteiger partial charge on any atom is -0.495 e. The zero-order chi connectivity index (χ0) is 10.1. The molecule has 0 unspecified atom stereocenters. The van der Waals surface area contributed by atoms with Gasteiger partial charge in [-0.05, 0) is 25.1 Å². The Morgan fingerprint density at radius 2 is 2.21 bits per heavy atom. The third-order valence-electron chi connectivity index (χ3n) is 2.23. The van der Waals surface area contributed by atoms with Gasteiger partial charge in [0.1, 0.15) is 17.4 Å². The molecular formula is C11H10N2O. The lowest BCUT2D eigenvalue weighted by atomic mass is 10.1. The number of nitrogens with one attached hydrogen (secondary N) is 1. The molecule has 0 amide bonds. The van der Waals surface area contributed by atoms with Gasteiger partial charge in [-0.15, -0.1) is 0 Å². The van der Waals surface area contributed by atoms with Crippen molar-refractivity contribution in [3.05, 3.63) is 29.5 Å². The fourth-order valence-corrected chi connectivity index (χ4v) is 1.60. The molecule has 1 heterocycles. The number of H-pyrrole nitrogens is 1. The molecular weight excluding hydrogens is 176 g/mol. The van der Waals surface area contributed by atoms with E-state index in [1.165, 1.54) is 0 Å². The van der Waals surface area contributed by atoms with Crippen LogP contribution in [0.25, 0.3) is 10.9 Å². The van der Waals surface area contributed by atoms with Crippen LogP contribution in [0.1, 0.15) is 11.3 Å². The number of aromatic amines is 1. The van der Waals surface area contributed by atoms with Crippen LogP contribution >= 0.6 is 0 Å². The Balaban J connectivity index is 2.84. The highest BCUT2D eigenvalue weighted by Crippen LogP contribution is 2.26. The lowest BCUT2D eigenvalue weighted by Crippen LogP contribution is -1.88. The van der Waals surface area contributed by atoms with E-state index in [4.69, 9.17) is 10.00 Å². The van der Waals surface area contributed by atoms with Crippen LogP contribution in [0.3, 0.4) is 0 Å². The molecule has 0 spiro atoms. The van der Waals surface area contributed by atoms with Crippen molar-refractivity contribution in [1.29, 1.82) is 5.26 Å². The van der Waals surface area contributed by atoms with Crippen LogP contribution in [0.15, 0.2) is 18.2 Å². The van der Waals surface area contributed by atoms with E-state index in [1.54, 1.807) is 7.11 Å². The zero-order valence-corrected chi connectivity index (χ0v) is 8.09. The second-order valence-corrected chi connectivity index (χ2v) is 3.17. The fraction of sp³-hybridized carbons (Fsp3) is 0.182. The topological polar surface area (TPSA) is 48.8 Å². The number of hydrogen-bond donors (Lipinski definition) is 1. The molecule has 14 heavy (non-hydrogen) atoms. The van der Waals surface area contributed by atoms with Gasteiger partial charge in [-0.25, -0.2) is 0 Å². The molecule has 3 nitrogen and oxygen atoms in total. The molecule has 0 aliphatic heterocycles. The Morgan fingerprint density at radius 1 is 1.43 bits per heavy atom. The van der Waals surface area contributed by atoms with Gasteiger partial charge in [-0.3, -0.25) is 0 Å². The Hall–Kier alpha value is -1.95. The van der Waals surface area contributed by atoms with Gasteiger partial charge in [0.25, 0.3) is 0 Å². The Labute approximate surface area is 81.9 Å². The molecule has 0 saturated heterocycles. The van der Waals surface area contributed by atoms with Crippen molar-refractivity contribution >= 4 is 10.9 Å². The quantitative estimate of drug-likeness (QED) is 0.743. The average Bonchev–Trinajstić information content (AvgIpc) is 2.56. The van der Waals surface area contributed by atoms with E-state index in [-0.39, 0.29) is 0 Å². The van der Waals surface area contributed by atoms with E-state index in [0.717, 1.165) is 16.6 Å². The Morgan fingerprint density at radius 3 is 2.86 bits per heavy atom. The van der Waals surface area contributed by atoms with Gasteiger partial charge in [0.05, 0.1) is 12.6 Å². The number of fused-ring (bicyclic) bond motifs is 1. The maximum atomic E-state index is 9.01. The van der Waals surface area contributed by atoms with Crippen molar-refractivity contribution in [2.75, 3.05) is 7.11 Å². The number of aryl methyl sites for hydroxylation is 1. The van der Waals surface area contributed by atoms with E-state index in [1.807, 2.05) is 25.1 Å². The predicted octanol–water partition coefficient (Wildman–Crippen LogP) is 2.36. The number of nitriles is 1. The van der Waals surface area contributed by atoms with E-state index in [2.05, 4.69) is 11.1 Å². The van der Waals surface area contributed by atoms with Crippen molar-refractivity contribution in [2.24, 2.45) is 0 Å². The molecule has 2 aromatic rings. The number of ether oxygens (including phenoxy) is 1. The van der Waals surface area contributed by atoms with Crippen molar-refractivity contribution in [3.63, 3.8) is 0 Å². The van der Waals surface area contributed by atoms with Crippen LogP contribution in [0.2, 0.25) is 0 Å². The van der Waals surface area contributed by atoms with E-state index < -0.39 is 0 Å². The summed E-state index contributed by atoms with van der Waals surface area (Å²) in [6.07, 6.45) is 0. The molecule has 70 valence electrons. The molecule has 0 aliphatic carbocycles. The molecule has 1 aromatic heterocycles. The summed E-state index contributed by atoms with van der Waals surface area (Å²) in [7, 11) is 1.57. The summed E-state index contributed by atoms with van der Waals surface area (Å²) < 4.78 is 5.11. The van der Waals surface area contributed by atoms with E-state index in [0.29, 0.717) is 11.3 Å². The molecule has 0 atom stereocenters. The largest absolute Gasteiger partial charge is 0.495 e. The number of aromatic nitrogens is 1. The van der Waals surface area contributed by atoms with Crippen LogP contribution in [0.4, 0.5) is 0 Å². The first-order chi connectivity index (χ1) is 6.76. The van der Waals surface area contributed by atoms with Gasteiger partial charge < -0.3 is 9.72 Å². The molecule has 0 radical (unpaired) electrons. The summed E-state index contributed by atoms with van der Waals surface area (Å²) in [5.74, 6) is 0.613. The minimum atomic E-state index is 0.568. The highest BCUT2D eigenvalue weighted by Gasteiger charge is 2.08. The van der Waals surface area contributed by atoms with Gasteiger partial charge >= 0.3 is 0 Å². The van der Waals surface area contributed by atoms with Crippen LogP contribution < -0.4 is 4.74 Å². The number of rotatable bonds is 1. The van der Waals surface area contributed by atoms with Crippen molar-refractivity contribution in [1.82, 2.24) is 4.98 Å². The summed E-state index contributed by atoms with van der Waals surface area (Å²) in [5.41, 5.74) is 2.47. The average molecular weight is 186 g/mol. The predicted molar refractivity (Wildman–Crippen MR) is 54.3 cm³/mol. The van der Waals surface area contributed by atoms with Crippen LogP contribution in [0, 0.1) is 18.3 Å². The van der Waals surface area contributed by atoms with Gasteiger partial charge in [-0.2, -0.15) is 5.26 Å². The summed E-state index contributed by atoms with van der Waals surface area (Å²) in [4.78, 5) is 3.15. The van der Waals surface area contributed by atoms with Crippen LogP contribution in [0.5, 0.6) is 5.75 Å². The summed E-state index contributed by atoms with van der Waals surface area (Å²) in [5, 5.41) is 10.0. The lowest BCUT2D eigenvalue weighted by molar-refractivity contribution is 0.414. The van der Waals surface area contributed by atoms with Crippen molar-refractivity contribution in [2.45, 2.75) is 6.92 Å². The number of nitrogens with zero attached hydrogens (tertiary/aromatic N) is 1. The molecule has 1 N–H and O–H groups in total. The molecule has 0 saturated carbocycles. The Kier molecular flexibility index (Phi) is 1.90. The zero-order valence-electron chi connectivity index (χ0n) is 8.09. The highest BCUT2D eigenvalue weighted by molar-refractivity contribution is 5.88. The lowest BCUT2D eigenvalue weighted by Gasteiger charge is -2.02. The number of hydrogen-bond acceptors (Lipinski definition) is 2. The standard InChI is InChI=1S/C11H10N2O/c1-7-5-8-3-4-10(14-2)9(6-12)11(8)13-7/h3-5,13H,1-2H3. The van der Waals surface area contributed by atoms with Crippen molar-refractivity contribution in [3.8, 4) is 11.8 Å². The maximum absolute atomic E-state index is 9.01. The van der Waals surface area contributed by atoms with Gasteiger partial charge in [0.2, 0.25) is 0 Å². The molecule has 2 rings (SSSR count). The summed E-state index contributed by atoms with van der Waals surface area (Å²) in [6, 6.07) is 7.91. The molecule has 1 aromatic carbocycles.